The lowest BCUT2D eigenvalue weighted by molar-refractivity contribution is -0.137. The monoisotopic (exact) mass is 262 g/mol. The van der Waals surface area contributed by atoms with Crippen LogP contribution in [0.15, 0.2) is 24.3 Å². The molecule has 0 aliphatic carbocycles. The molecule has 18 heavy (non-hydrogen) atoms. The number of thioether (sulfide) groups is 1. The zero-order chi connectivity index (χ0) is 13.4. The molecule has 0 bridgehead atoms. The Morgan fingerprint density at radius 2 is 1.94 bits per heavy atom. The highest BCUT2D eigenvalue weighted by atomic mass is 32.2. The van der Waals surface area contributed by atoms with Crippen LogP contribution in [0.1, 0.15) is 24.5 Å². The van der Waals surface area contributed by atoms with E-state index in [4.69, 9.17) is 5.11 Å². The summed E-state index contributed by atoms with van der Waals surface area (Å²) in [6, 6.07) is 7.49. The highest BCUT2D eigenvalue weighted by molar-refractivity contribution is 8.13. The minimum absolute atomic E-state index is 0.0633. The standard InChI is InChI=1S/C14H14O3S/c1-11(15)18-10-2-3-12-4-6-13(7-5-12)8-9-14(16)17/h4-7H,8-10H2,1H3,(H,16,17). The number of aliphatic carboxylic acids is 1. The van der Waals surface area contributed by atoms with Gasteiger partial charge in [0.05, 0.1) is 5.75 Å². The van der Waals surface area contributed by atoms with Crippen molar-refractivity contribution in [3.05, 3.63) is 35.4 Å². The summed E-state index contributed by atoms with van der Waals surface area (Å²) in [4.78, 5) is 21.1. The highest BCUT2D eigenvalue weighted by Crippen LogP contribution is 2.06. The fourth-order valence-corrected chi connectivity index (χ4v) is 1.63. The molecule has 0 fully saturated rings. The lowest BCUT2D eigenvalue weighted by Gasteiger charge is -1.98. The topological polar surface area (TPSA) is 54.4 Å². The zero-order valence-electron chi connectivity index (χ0n) is 10.1. The van der Waals surface area contributed by atoms with E-state index < -0.39 is 5.97 Å². The number of aryl methyl sites for hydroxylation is 1. The van der Waals surface area contributed by atoms with Crippen molar-refractivity contribution in [3.63, 3.8) is 0 Å². The summed E-state index contributed by atoms with van der Waals surface area (Å²) in [5, 5.41) is 8.63. The van der Waals surface area contributed by atoms with Gasteiger partial charge in [-0.1, -0.05) is 35.7 Å². The predicted molar refractivity (Wildman–Crippen MR) is 72.4 cm³/mol. The summed E-state index contributed by atoms with van der Waals surface area (Å²) in [6.45, 7) is 1.52. The summed E-state index contributed by atoms with van der Waals surface area (Å²) in [6.07, 6.45) is 0.670. The van der Waals surface area contributed by atoms with Crippen LogP contribution in [0.25, 0.3) is 0 Å². The fourth-order valence-electron chi connectivity index (χ4n) is 1.28. The van der Waals surface area contributed by atoms with E-state index in [1.807, 2.05) is 24.3 Å². The van der Waals surface area contributed by atoms with Gasteiger partial charge < -0.3 is 5.11 Å². The van der Waals surface area contributed by atoms with Crippen molar-refractivity contribution >= 4 is 22.8 Å². The van der Waals surface area contributed by atoms with Crippen LogP contribution in [0.3, 0.4) is 0 Å². The second-order valence-corrected chi connectivity index (χ2v) is 4.82. The number of rotatable bonds is 4. The Labute approximate surface area is 111 Å². The van der Waals surface area contributed by atoms with Crippen molar-refractivity contribution in [1.82, 2.24) is 0 Å². The first-order valence-electron chi connectivity index (χ1n) is 5.51. The van der Waals surface area contributed by atoms with Gasteiger partial charge in [-0.05, 0) is 24.1 Å². The second kappa shape index (κ2) is 7.57. The van der Waals surface area contributed by atoms with Gasteiger partial charge in [-0.3, -0.25) is 9.59 Å². The molecule has 4 heteroatoms. The van der Waals surface area contributed by atoms with Crippen LogP contribution in [0.2, 0.25) is 0 Å². The minimum atomic E-state index is -0.792. The van der Waals surface area contributed by atoms with Gasteiger partial charge >= 0.3 is 5.97 Å². The fraction of sp³-hybridized carbons (Fsp3) is 0.286. The maximum absolute atomic E-state index is 10.7. The average Bonchev–Trinajstić information content (AvgIpc) is 2.33. The number of benzene rings is 1. The quantitative estimate of drug-likeness (QED) is 0.846. The Morgan fingerprint density at radius 3 is 2.50 bits per heavy atom. The number of hydrogen-bond acceptors (Lipinski definition) is 3. The molecule has 1 N–H and O–H groups in total. The Morgan fingerprint density at radius 1 is 1.28 bits per heavy atom. The first-order valence-corrected chi connectivity index (χ1v) is 6.49. The number of hydrogen-bond donors (Lipinski definition) is 1. The third-order valence-electron chi connectivity index (χ3n) is 2.16. The first kappa shape index (κ1) is 14.3. The Kier molecular flexibility index (Phi) is 6.03. The van der Waals surface area contributed by atoms with Crippen LogP contribution in [0.5, 0.6) is 0 Å². The first-order chi connectivity index (χ1) is 8.58. The molecule has 0 radical (unpaired) electrons. The molecule has 0 aliphatic heterocycles. The molecule has 0 spiro atoms. The van der Waals surface area contributed by atoms with E-state index in [9.17, 15) is 9.59 Å². The van der Waals surface area contributed by atoms with Gasteiger partial charge in [0.25, 0.3) is 0 Å². The molecule has 0 heterocycles. The van der Waals surface area contributed by atoms with E-state index in [1.54, 1.807) is 0 Å². The van der Waals surface area contributed by atoms with Crippen molar-refractivity contribution in [2.45, 2.75) is 19.8 Å². The van der Waals surface area contributed by atoms with Gasteiger partial charge in [-0.25, -0.2) is 0 Å². The second-order valence-electron chi connectivity index (χ2n) is 3.67. The maximum atomic E-state index is 10.7. The van der Waals surface area contributed by atoms with Crippen molar-refractivity contribution in [3.8, 4) is 11.8 Å². The van der Waals surface area contributed by atoms with Crippen molar-refractivity contribution in [2.24, 2.45) is 0 Å². The number of carboxylic acid groups (broad SMARTS) is 1. The van der Waals surface area contributed by atoms with Crippen LogP contribution < -0.4 is 0 Å². The van der Waals surface area contributed by atoms with Crippen molar-refractivity contribution < 1.29 is 14.7 Å². The van der Waals surface area contributed by atoms with E-state index in [2.05, 4.69) is 11.8 Å². The zero-order valence-corrected chi connectivity index (χ0v) is 10.9. The van der Waals surface area contributed by atoms with Crippen molar-refractivity contribution in [2.75, 3.05) is 5.75 Å². The molecule has 1 rings (SSSR count). The smallest absolute Gasteiger partial charge is 0.303 e. The SMILES string of the molecule is CC(=O)SCC#Cc1ccc(CCC(=O)O)cc1. The van der Waals surface area contributed by atoms with Gasteiger partial charge in [0.15, 0.2) is 5.12 Å². The molecule has 0 aliphatic rings. The summed E-state index contributed by atoms with van der Waals surface area (Å²) in [5.74, 6) is 5.56. The third kappa shape index (κ3) is 6.12. The molecule has 1 aromatic carbocycles. The van der Waals surface area contributed by atoms with Crippen molar-refractivity contribution in [1.29, 1.82) is 0 Å². The Hall–Kier alpha value is -1.73. The molecule has 0 atom stereocenters. The molecular weight excluding hydrogens is 248 g/mol. The molecule has 0 saturated carbocycles. The normalized spacial score (nSPS) is 9.39. The molecule has 1 aromatic rings. The van der Waals surface area contributed by atoms with E-state index in [0.29, 0.717) is 12.2 Å². The van der Waals surface area contributed by atoms with Gasteiger partial charge in [-0.2, -0.15) is 0 Å². The van der Waals surface area contributed by atoms with Gasteiger partial charge in [0, 0.05) is 18.9 Å². The minimum Gasteiger partial charge on any atom is -0.481 e. The maximum Gasteiger partial charge on any atom is 0.303 e. The molecule has 3 nitrogen and oxygen atoms in total. The molecule has 94 valence electrons. The molecule has 0 unspecified atom stereocenters. The predicted octanol–water partition coefficient (Wildman–Crippen LogP) is 2.33. The largest absolute Gasteiger partial charge is 0.481 e. The Balaban J connectivity index is 2.49. The lowest BCUT2D eigenvalue weighted by Crippen LogP contribution is -1.97. The summed E-state index contributed by atoms with van der Waals surface area (Å²) in [5.41, 5.74) is 1.86. The number of carboxylic acids is 1. The number of carbonyl (C=O) groups is 2. The van der Waals surface area contributed by atoms with E-state index in [0.717, 1.165) is 11.1 Å². The van der Waals surface area contributed by atoms with Gasteiger partial charge in [-0.15, -0.1) is 0 Å². The Bertz CT molecular complexity index is 480. The third-order valence-corrected chi connectivity index (χ3v) is 2.86. The summed E-state index contributed by atoms with van der Waals surface area (Å²) < 4.78 is 0. The van der Waals surface area contributed by atoms with E-state index in [-0.39, 0.29) is 11.5 Å². The van der Waals surface area contributed by atoms with Gasteiger partial charge in [0.2, 0.25) is 0 Å². The molecule has 0 aromatic heterocycles. The van der Waals surface area contributed by atoms with E-state index in [1.165, 1.54) is 18.7 Å². The van der Waals surface area contributed by atoms with E-state index >= 15 is 0 Å². The number of carbonyl (C=O) groups excluding carboxylic acids is 1. The molecule has 0 amide bonds. The highest BCUT2D eigenvalue weighted by Gasteiger charge is 1.98. The van der Waals surface area contributed by atoms with Crippen LogP contribution in [-0.4, -0.2) is 21.9 Å². The summed E-state index contributed by atoms with van der Waals surface area (Å²) in [7, 11) is 0. The van der Waals surface area contributed by atoms with Crippen LogP contribution in [0, 0.1) is 11.8 Å². The lowest BCUT2D eigenvalue weighted by atomic mass is 10.1. The molecule has 0 saturated heterocycles. The molecular formula is C14H14O3S. The summed E-state index contributed by atoms with van der Waals surface area (Å²) >= 11 is 1.19. The van der Waals surface area contributed by atoms with Crippen LogP contribution in [0.4, 0.5) is 0 Å². The van der Waals surface area contributed by atoms with Crippen LogP contribution in [-0.2, 0) is 16.0 Å². The van der Waals surface area contributed by atoms with Gasteiger partial charge in [0.1, 0.15) is 0 Å². The average molecular weight is 262 g/mol. The van der Waals surface area contributed by atoms with Crippen LogP contribution >= 0.6 is 11.8 Å².